The highest BCUT2D eigenvalue weighted by Crippen LogP contribution is 2.21. The molecule has 1 aliphatic rings. The molecule has 0 radical (unpaired) electrons. The largest absolute Gasteiger partial charge is 0.384 e. The van der Waals surface area contributed by atoms with Gasteiger partial charge in [-0.15, -0.1) is 0 Å². The zero-order chi connectivity index (χ0) is 15.0. The van der Waals surface area contributed by atoms with Crippen LogP contribution in [0.2, 0.25) is 0 Å². The summed E-state index contributed by atoms with van der Waals surface area (Å²) in [5.74, 6) is -1.19. The summed E-state index contributed by atoms with van der Waals surface area (Å²) in [6, 6.07) is 8.53. The van der Waals surface area contributed by atoms with Gasteiger partial charge < -0.3 is 10.6 Å². The lowest BCUT2D eigenvalue weighted by molar-refractivity contribution is -0.135. The number of para-hydroxylation sites is 1. The molecular formula is C14H12N4O3. The summed E-state index contributed by atoms with van der Waals surface area (Å²) < 4.78 is 0. The van der Waals surface area contributed by atoms with E-state index in [2.05, 4.69) is 10.3 Å². The number of nitrogen functional groups attached to an aromatic ring is 1. The second-order valence-corrected chi connectivity index (χ2v) is 4.74. The van der Waals surface area contributed by atoms with E-state index in [1.54, 1.807) is 24.3 Å². The molecule has 0 spiro atoms. The summed E-state index contributed by atoms with van der Waals surface area (Å²) in [5.41, 5.74) is 6.64. The van der Waals surface area contributed by atoms with Crippen LogP contribution in [0.15, 0.2) is 30.3 Å². The molecule has 3 amide bonds. The Morgan fingerprint density at radius 2 is 1.86 bits per heavy atom. The van der Waals surface area contributed by atoms with Gasteiger partial charge in [0.05, 0.1) is 11.1 Å². The number of anilines is 1. The molecular weight excluding hydrogens is 272 g/mol. The maximum Gasteiger partial charge on any atom is 0.255 e. The van der Waals surface area contributed by atoms with Gasteiger partial charge in [0, 0.05) is 5.39 Å². The third-order valence-corrected chi connectivity index (χ3v) is 3.20. The summed E-state index contributed by atoms with van der Waals surface area (Å²) >= 11 is 0. The van der Waals surface area contributed by atoms with Crippen molar-refractivity contribution < 1.29 is 14.4 Å². The molecule has 0 unspecified atom stereocenters. The number of hydrogen-bond acceptors (Lipinski definition) is 5. The highest BCUT2D eigenvalue weighted by molar-refractivity contribution is 6.11. The molecule has 3 N–H and O–H groups in total. The Morgan fingerprint density at radius 1 is 1.19 bits per heavy atom. The average Bonchev–Trinajstić information content (AvgIpc) is 2.44. The minimum Gasteiger partial charge on any atom is -0.384 e. The normalized spacial score (nSPS) is 15.1. The van der Waals surface area contributed by atoms with Crippen molar-refractivity contribution in [2.75, 3.05) is 18.8 Å². The summed E-state index contributed by atoms with van der Waals surface area (Å²) in [7, 11) is 0. The summed E-state index contributed by atoms with van der Waals surface area (Å²) in [6.07, 6.45) is 0. The number of nitrogens with zero attached hydrogens (tertiary/aromatic N) is 2. The van der Waals surface area contributed by atoms with E-state index in [1.165, 1.54) is 11.0 Å². The lowest BCUT2D eigenvalue weighted by atomic mass is 10.1. The Morgan fingerprint density at radius 3 is 2.57 bits per heavy atom. The first-order valence-electron chi connectivity index (χ1n) is 6.32. The smallest absolute Gasteiger partial charge is 0.255 e. The van der Waals surface area contributed by atoms with Crippen LogP contribution >= 0.6 is 0 Å². The monoisotopic (exact) mass is 284 g/mol. The number of benzene rings is 1. The van der Waals surface area contributed by atoms with Crippen molar-refractivity contribution in [3.05, 3.63) is 35.9 Å². The van der Waals surface area contributed by atoms with Gasteiger partial charge in [0.25, 0.3) is 5.91 Å². The van der Waals surface area contributed by atoms with E-state index in [-0.39, 0.29) is 18.9 Å². The molecule has 7 nitrogen and oxygen atoms in total. The topological polar surface area (TPSA) is 105 Å². The van der Waals surface area contributed by atoms with Gasteiger partial charge in [0.2, 0.25) is 11.8 Å². The Hall–Kier alpha value is -2.96. The van der Waals surface area contributed by atoms with Crippen LogP contribution in [-0.4, -0.2) is 40.7 Å². The minimum atomic E-state index is -0.495. The summed E-state index contributed by atoms with van der Waals surface area (Å²) in [6.45, 7) is -0.303. The molecule has 106 valence electrons. The fourth-order valence-electron chi connectivity index (χ4n) is 2.32. The van der Waals surface area contributed by atoms with Crippen LogP contribution in [0.3, 0.4) is 0 Å². The van der Waals surface area contributed by atoms with Gasteiger partial charge in [-0.05, 0) is 12.1 Å². The second-order valence-electron chi connectivity index (χ2n) is 4.74. The van der Waals surface area contributed by atoms with Crippen molar-refractivity contribution in [1.82, 2.24) is 15.2 Å². The number of rotatable bonds is 1. The summed E-state index contributed by atoms with van der Waals surface area (Å²) in [5, 5.41) is 2.79. The molecule has 1 fully saturated rings. The van der Waals surface area contributed by atoms with E-state index in [4.69, 9.17) is 5.73 Å². The Kier molecular flexibility index (Phi) is 3.02. The molecule has 0 bridgehead atoms. The van der Waals surface area contributed by atoms with Crippen molar-refractivity contribution in [3.63, 3.8) is 0 Å². The zero-order valence-electron chi connectivity index (χ0n) is 11.0. The molecule has 1 aromatic heterocycles. The van der Waals surface area contributed by atoms with Crippen molar-refractivity contribution >= 4 is 34.4 Å². The maximum absolute atomic E-state index is 12.6. The van der Waals surface area contributed by atoms with Crippen LogP contribution in [0.5, 0.6) is 0 Å². The lowest BCUT2D eigenvalue weighted by Gasteiger charge is -2.25. The molecule has 0 aliphatic carbocycles. The minimum absolute atomic E-state index is 0.152. The van der Waals surface area contributed by atoms with Gasteiger partial charge in [-0.1, -0.05) is 18.2 Å². The zero-order valence-corrected chi connectivity index (χ0v) is 11.0. The van der Waals surface area contributed by atoms with Crippen molar-refractivity contribution in [2.45, 2.75) is 0 Å². The fourth-order valence-corrected chi connectivity index (χ4v) is 2.32. The van der Waals surface area contributed by atoms with Gasteiger partial charge in [0.15, 0.2) is 0 Å². The summed E-state index contributed by atoms with van der Waals surface area (Å²) in [4.78, 5) is 40.7. The Balaban J connectivity index is 2.05. The van der Waals surface area contributed by atoms with Gasteiger partial charge in [-0.2, -0.15) is 0 Å². The number of hydrogen-bond donors (Lipinski definition) is 2. The molecule has 0 atom stereocenters. The number of imide groups is 1. The van der Waals surface area contributed by atoms with Crippen LogP contribution in [0.25, 0.3) is 10.9 Å². The third-order valence-electron chi connectivity index (χ3n) is 3.20. The first-order valence-corrected chi connectivity index (χ1v) is 6.32. The molecule has 1 aliphatic heterocycles. The average molecular weight is 284 g/mol. The number of aromatic nitrogens is 1. The van der Waals surface area contributed by atoms with Crippen molar-refractivity contribution in [3.8, 4) is 0 Å². The van der Waals surface area contributed by atoms with E-state index in [9.17, 15) is 14.4 Å². The number of carbonyl (C=O) groups excluding carboxylic acids is 3. The Labute approximate surface area is 119 Å². The fraction of sp³-hybridized carbons (Fsp3) is 0.143. The van der Waals surface area contributed by atoms with E-state index in [1.807, 2.05) is 0 Å². The molecule has 3 rings (SSSR count). The maximum atomic E-state index is 12.6. The first-order chi connectivity index (χ1) is 10.0. The SMILES string of the molecule is Nc1cc(C(=O)N2CC(=O)NC(=O)C2)c2ccccc2n1. The third kappa shape index (κ3) is 2.40. The number of piperazine rings is 1. The van der Waals surface area contributed by atoms with E-state index < -0.39 is 17.7 Å². The van der Waals surface area contributed by atoms with Gasteiger partial charge in [0.1, 0.15) is 18.9 Å². The standard InChI is InChI=1S/C14H12N4O3/c15-11-5-9(8-3-1-2-4-10(8)16-11)14(21)18-6-12(19)17-13(20)7-18/h1-5H,6-7H2,(H2,15,16)(H,17,19,20). The van der Waals surface area contributed by atoms with Crippen molar-refractivity contribution in [2.24, 2.45) is 0 Å². The lowest BCUT2D eigenvalue weighted by Crippen LogP contribution is -2.53. The van der Waals surface area contributed by atoms with Gasteiger partial charge >= 0.3 is 0 Å². The molecule has 1 saturated heterocycles. The molecule has 21 heavy (non-hydrogen) atoms. The van der Waals surface area contributed by atoms with Crippen LogP contribution in [0, 0.1) is 0 Å². The second kappa shape index (κ2) is 4.86. The number of carbonyl (C=O) groups is 3. The Bertz CT molecular complexity index is 756. The van der Waals surface area contributed by atoms with Crippen LogP contribution in [0.4, 0.5) is 5.82 Å². The van der Waals surface area contributed by atoms with Gasteiger partial charge in [-0.25, -0.2) is 4.98 Å². The van der Waals surface area contributed by atoms with Crippen LogP contribution in [0.1, 0.15) is 10.4 Å². The first kappa shape index (κ1) is 13.0. The predicted octanol–water partition coefficient (Wildman–Crippen LogP) is -0.0844. The van der Waals surface area contributed by atoms with E-state index >= 15 is 0 Å². The van der Waals surface area contributed by atoms with Crippen molar-refractivity contribution in [1.29, 1.82) is 0 Å². The number of nitrogens with one attached hydrogen (secondary N) is 1. The number of fused-ring (bicyclic) bond motifs is 1. The van der Waals surface area contributed by atoms with Crippen LogP contribution in [-0.2, 0) is 9.59 Å². The van der Waals surface area contributed by atoms with E-state index in [0.717, 1.165) is 0 Å². The molecule has 1 aromatic carbocycles. The van der Waals surface area contributed by atoms with Gasteiger partial charge in [-0.3, -0.25) is 19.7 Å². The highest BCUT2D eigenvalue weighted by Gasteiger charge is 2.28. The van der Waals surface area contributed by atoms with Crippen LogP contribution < -0.4 is 11.1 Å². The highest BCUT2D eigenvalue weighted by atomic mass is 16.2. The molecule has 2 heterocycles. The molecule has 2 aromatic rings. The number of amides is 3. The van der Waals surface area contributed by atoms with E-state index in [0.29, 0.717) is 16.5 Å². The predicted molar refractivity (Wildman–Crippen MR) is 75.2 cm³/mol. The number of nitrogens with two attached hydrogens (primary N) is 1. The molecule has 7 heteroatoms. The molecule has 0 saturated carbocycles. The number of pyridine rings is 1. The quantitative estimate of drug-likeness (QED) is 0.712.